The molecule has 0 fully saturated rings. The Kier molecular flexibility index (Phi) is 3.71. The van der Waals surface area contributed by atoms with E-state index < -0.39 is 10.0 Å². The summed E-state index contributed by atoms with van der Waals surface area (Å²) in [7, 11) is -3.14. The summed E-state index contributed by atoms with van der Waals surface area (Å²) in [5, 5.41) is 0. The lowest BCUT2D eigenvalue weighted by Gasteiger charge is -1.90. The number of nitrogens with one attached hydrogen (secondary N) is 1. The Morgan fingerprint density at radius 3 is 2.50 bits per heavy atom. The van der Waals surface area contributed by atoms with Crippen molar-refractivity contribution >= 4 is 16.4 Å². The molecule has 10 heavy (non-hydrogen) atoms. The van der Waals surface area contributed by atoms with Gasteiger partial charge >= 0.3 is 0 Å². The van der Waals surface area contributed by atoms with Crippen LogP contribution < -0.4 is 4.72 Å². The highest BCUT2D eigenvalue weighted by atomic mass is 32.2. The first-order valence-electron chi connectivity index (χ1n) is 2.66. The Labute approximate surface area is 60.7 Å². The van der Waals surface area contributed by atoms with E-state index in [2.05, 4.69) is 9.71 Å². The lowest BCUT2D eigenvalue weighted by molar-refractivity contribution is 0.599. The lowest BCUT2D eigenvalue weighted by atomic mass is 10.7. The third-order valence-electron chi connectivity index (χ3n) is 0.576. The van der Waals surface area contributed by atoms with Crippen molar-refractivity contribution < 1.29 is 8.42 Å². The van der Waals surface area contributed by atoms with Crippen molar-refractivity contribution in [2.24, 2.45) is 4.99 Å². The van der Waals surface area contributed by atoms with E-state index in [9.17, 15) is 8.42 Å². The summed E-state index contributed by atoms with van der Waals surface area (Å²) >= 11 is 0. The second-order valence-corrected chi connectivity index (χ2v) is 3.43. The van der Waals surface area contributed by atoms with Crippen molar-refractivity contribution in [1.29, 1.82) is 0 Å². The molecule has 0 aliphatic carbocycles. The van der Waals surface area contributed by atoms with E-state index >= 15 is 0 Å². The molecule has 4 nitrogen and oxygen atoms in total. The topological polar surface area (TPSA) is 58.5 Å². The summed E-state index contributed by atoms with van der Waals surface area (Å²) in [6.45, 7) is 1.79. The van der Waals surface area contributed by atoms with E-state index in [4.69, 9.17) is 0 Å². The predicted octanol–water partition coefficient (Wildman–Crippen LogP) is 0.0975. The summed E-state index contributed by atoms with van der Waals surface area (Å²) in [5.74, 6) is 0. The molecule has 0 heterocycles. The second-order valence-electron chi connectivity index (χ2n) is 1.65. The molecule has 0 saturated carbocycles. The van der Waals surface area contributed by atoms with Crippen LogP contribution in [0.5, 0.6) is 0 Å². The monoisotopic (exact) mass is 162 g/mol. The number of hydrogen-bond acceptors (Lipinski definition) is 3. The molecule has 1 N–H and O–H groups in total. The molecule has 0 aromatic heterocycles. The first-order valence-corrected chi connectivity index (χ1v) is 4.55. The Morgan fingerprint density at radius 2 is 2.10 bits per heavy atom. The van der Waals surface area contributed by atoms with Crippen LogP contribution in [-0.2, 0) is 10.0 Å². The number of sulfonamides is 1. The average Bonchev–Trinajstić information content (AvgIpc) is 1.78. The molecule has 0 amide bonds. The second kappa shape index (κ2) is 4.05. The minimum Gasteiger partial charge on any atom is -0.274 e. The Morgan fingerprint density at radius 1 is 1.50 bits per heavy atom. The number of nitrogens with zero attached hydrogens (tertiary/aromatic N) is 1. The van der Waals surface area contributed by atoms with Gasteiger partial charge in [0.15, 0.2) is 0 Å². The van der Waals surface area contributed by atoms with Crippen LogP contribution in [0.3, 0.4) is 0 Å². The van der Waals surface area contributed by atoms with Gasteiger partial charge < -0.3 is 0 Å². The van der Waals surface area contributed by atoms with Crippen molar-refractivity contribution in [3.8, 4) is 0 Å². The third kappa shape index (κ3) is 7.16. The van der Waals surface area contributed by atoms with Crippen molar-refractivity contribution in [3.05, 3.63) is 12.3 Å². The highest BCUT2D eigenvalue weighted by Crippen LogP contribution is 1.71. The van der Waals surface area contributed by atoms with E-state index in [-0.39, 0.29) is 0 Å². The van der Waals surface area contributed by atoms with Crippen LogP contribution in [-0.4, -0.2) is 21.0 Å². The van der Waals surface area contributed by atoms with Gasteiger partial charge in [0.1, 0.15) is 6.34 Å². The Balaban J connectivity index is 3.76. The first kappa shape index (κ1) is 9.16. The maximum absolute atomic E-state index is 10.4. The largest absolute Gasteiger partial charge is 0.274 e. The minimum atomic E-state index is -3.14. The van der Waals surface area contributed by atoms with Crippen LogP contribution in [0.1, 0.15) is 6.92 Å². The SMILES string of the molecule is C/C=C\N=C/NS(C)(=O)=O. The van der Waals surface area contributed by atoms with Gasteiger partial charge in [-0.1, -0.05) is 6.08 Å². The van der Waals surface area contributed by atoms with Crippen LogP contribution in [0.2, 0.25) is 0 Å². The maximum atomic E-state index is 10.4. The van der Waals surface area contributed by atoms with Gasteiger partial charge in [-0.05, 0) is 6.92 Å². The van der Waals surface area contributed by atoms with E-state index in [1.807, 2.05) is 0 Å². The zero-order valence-corrected chi connectivity index (χ0v) is 6.72. The molecule has 0 aromatic carbocycles. The summed E-state index contributed by atoms with van der Waals surface area (Å²) in [5.41, 5.74) is 0. The summed E-state index contributed by atoms with van der Waals surface area (Å²) in [4.78, 5) is 3.58. The number of hydrogen-bond donors (Lipinski definition) is 1. The number of aliphatic imine (C=N–C) groups is 1. The maximum Gasteiger partial charge on any atom is 0.230 e. The van der Waals surface area contributed by atoms with Crippen molar-refractivity contribution in [1.82, 2.24) is 4.72 Å². The molecule has 0 spiro atoms. The first-order chi connectivity index (χ1) is 4.56. The fourth-order valence-electron chi connectivity index (χ4n) is 0.255. The van der Waals surface area contributed by atoms with Gasteiger partial charge in [0.25, 0.3) is 0 Å². The number of rotatable bonds is 3. The zero-order chi connectivity index (χ0) is 8.04. The van der Waals surface area contributed by atoms with E-state index in [1.165, 1.54) is 6.20 Å². The molecular weight excluding hydrogens is 152 g/mol. The van der Waals surface area contributed by atoms with E-state index in [0.717, 1.165) is 12.6 Å². The van der Waals surface area contributed by atoms with Gasteiger partial charge in [-0.2, -0.15) is 0 Å². The summed E-state index contributed by atoms with van der Waals surface area (Å²) < 4.78 is 22.8. The summed E-state index contributed by atoms with van der Waals surface area (Å²) in [6, 6.07) is 0. The molecule has 0 bridgehead atoms. The molecule has 58 valence electrons. The lowest BCUT2D eigenvalue weighted by Crippen LogP contribution is -2.19. The average molecular weight is 162 g/mol. The standard InChI is InChI=1S/C5H10N2O2S/c1-3-4-6-5-7-10(2,8)9/h3-5H,1-2H3,(H,6,7)/b4-3-. The highest BCUT2D eigenvalue weighted by molar-refractivity contribution is 7.89. The molecule has 0 rings (SSSR count). The molecule has 0 saturated heterocycles. The molecule has 0 atom stereocenters. The smallest absolute Gasteiger partial charge is 0.230 e. The van der Waals surface area contributed by atoms with E-state index in [0.29, 0.717) is 0 Å². The van der Waals surface area contributed by atoms with Crippen LogP contribution in [0, 0.1) is 0 Å². The van der Waals surface area contributed by atoms with Crippen LogP contribution in [0.4, 0.5) is 0 Å². The highest BCUT2D eigenvalue weighted by Gasteiger charge is 1.91. The van der Waals surface area contributed by atoms with Gasteiger partial charge in [-0.3, -0.25) is 4.72 Å². The Hall–Kier alpha value is -0.840. The van der Waals surface area contributed by atoms with Crippen molar-refractivity contribution in [2.45, 2.75) is 6.92 Å². The fourth-order valence-corrected chi connectivity index (χ4v) is 0.508. The predicted molar refractivity (Wildman–Crippen MR) is 41.3 cm³/mol. The van der Waals surface area contributed by atoms with E-state index in [1.54, 1.807) is 13.0 Å². The van der Waals surface area contributed by atoms with Crippen LogP contribution >= 0.6 is 0 Å². The molecule has 0 aliphatic rings. The molecule has 0 aliphatic heterocycles. The molecule has 0 radical (unpaired) electrons. The van der Waals surface area contributed by atoms with Crippen LogP contribution in [0.15, 0.2) is 17.3 Å². The third-order valence-corrected chi connectivity index (χ3v) is 1.11. The van der Waals surface area contributed by atoms with Crippen molar-refractivity contribution in [3.63, 3.8) is 0 Å². The Bertz CT molecular complexity index is 228. The van der Waals surface area contributed by atoms with Gasteiger partial charge in [0, 0.05) is 6.20 Å². The van der Waals surface area contributed by atoms with Gasteiger partial charge in [0.2, 0.25) is 10.0 Å². The summed E-state index contributed by atoms with van der Waals surface area (Å²) in [6.07, 6.45) is 5.36. The number of allylic oxidation sites excluding steroid dienone is 1. The molecule has 5 heteroatoms. The molecule has 0 unspecified atom stereocenters. The zero-order valence-electron chi connectivity index (χ0n) is 5.90. The van der Waals surface area contributed by atoms with Gasteiger partial charge in [-0.25, -0.2) is 13.4 Å². The minimum absolute atomic E-state index is 1.06. The quantitative estimate of drug-likeness (QED) is 0.472. The normalized spacial score (nSPS) is 13.0. The fraction of sp³-hybridized carbons (Fsp3) is 0.400. The van der Waals surface area contributed by atoms with Crippen LogP contribution in [0.25, 0.3) is 0 Å². The molecular formula is C5H10N2O2S. The van der Waals surface area contributed by atoms with Crippen molar-refractivity contribution in [2.75, 3.05) is 6.26 Å². The van der Waals surface area contributed by atoms with Gasteiger partial charge in [0.05, 0.1) is 6.26 Å². The molecule has 0 aromatic rings. The van der Waals surface area contributed by atoms with Gasteiger partial charge in [-0.15, -0.1) is 0 Å².